The van der Waals surface area contributed by atoms with Crippen LogP contribution in [0.3, 0.4) is 0 Å². The Hall–Kier alpha value is -2.58. The number of amides is 1. The summed E-state index contributed by atoms with van der Waals surface area (Å²) < 4.78 is 35.5. The maximum atomic E-state index is 12.4. The van der Waals surface area contributed by atoms with E-state index in [2.05, 4.69) is 5.32 Å². The summed E-state index contributed by atoms with van der Waals surface area (Å²) in [7, 11) is 2.41. The van der Waals surface area contributed by atoms with E-state index in [1.54, 1.807) is 18.2 Å². The van der Waals surface area contributed by atoms with Crippen molar-refractivity contribution in [3.8, 4) is 11.5 Å². The quantitative estimate of drug-likeness (QED) is 0.849. The molecule has 1 amide bonds. The molecule has 0 bridgehead atoms. The fourth-order valence-electron chi connectivity index (χ4n) is 2.07. The molecule has 0 atom stereocenters. The number of sulfonamides is 1. The number of ether oxygens (including phenoxy) is 2. The molecule has 0 aliphatic heterocycles. The second kappa shape index (κ2) is 7.54. The molecule has 2 rings (SSSR count). The van der Waals surface area contributed by atoms with E-state index < -0.39 is 10.0 Å². The van der Waals surface area contributed by atoms with E-state index in [1.165, 1.54) is 52.6 Å². The number of anilines is 1. The molecule has 0 saturated heterocycles. The molecular formula is C17H20N2O5S. The average molecular weight is 364 g/mol. The molecule has 8 heteroatoms. The zero-order chi connectivity index (χ0) is 18.6. The topological polar surface area (TPSA) is 84.9 Å². The summed E-state index contributed by atoms with van der Waals surface area (Å²) in [6, 6.07) is 10.7. The lowest BCUT2D eigenvalue weighted by atomic mass is 10.2. The van der Waals surface area contributed by atoms with Gasteiger partial charge in [-0.2, -0.15) is 0 Å². The summed E-state index contributed by atoms with van der Waals surface area (Å²) in [6.07, 6.45) is 0. The van der Waals surface area contributed by atoms with Gasteiger partial charge in [0.25, 0.3) is 5.91 Å². The van der Waals surface area contributed by atoms with Crippen molar-refractivity contribution in [1.82, 2.24) is 4.31 Å². The van der Waals surface area contributed by atoms with Gasteiger partial charge in [0, 0.05) is 43.5 Å². The molecule has 7 nitrogen and oxygen atoms in total. The van der Waals surface area contributed by atoms with E-state index in [-0.39, 0.29) is 10.8 Å². The Balaban J connectivity index is 2.22. The van der Waals surface area contributed by atoms with Crippen molar-refractivity contribution in [3.05, 3.63) is 48.0 Å². The first-order chi connectivity index (χ1) is 11.8. The fraction of sp³-hybridized carbons (Fsp3) is 0.235. The number of hydrogen-bond acceptors (Lipinski definition) is 5. The van der Waals surface area contributed by atoms with Crippen LogP contribution in [-0.4, -0.2) is 46.9 Å². The van der Waals surface area contributed by atoms with Crippen LogP contribution in [0.1, 0.15) is 10.4 Å². The molecular weight excluding hydrogens is 344 g/mol. The summed E-state index contributed by atoms with van der Waals surface area (Å²) in [5.74, 6) is 0.716. The Morgan fingerprint density at radius 1 is 0.960 bits per heavy atom. The Bertz CT molecular complexity index is 839. The van der Waals surface area contributed by atoms with E-state index in [0.29, 0.717) is 22.7 Å². The van der Waals surface area contributed by atoms with Crippen molar-refractivity contribution >= 4 is 21.6 Å². The lowest BCUT2D eigenvalue weighted by Gasteiger charge is -2.12. The lowest BCUT2D eigenvalue weighted by molar-refractivity contribution is 0.102. The van der Waals surface area contributed by atoms with Gasteiger partial charge in [0.1, 0.15) is 11.5 Å². The van der Waals surface area contributed by atoms with Gasteiger partial charge in [0.05, 0.1) is 19.1 Å². The summed E-state index contributed by atoms with van der Waals surface area (Å²) >= 11 is 0. The van der Waals surface area contributed by atoms with Gasteiger partial charge in [-0.25, -0.2) is 12.7 Å². The summed E-state index contributed by atoms with van der Waals surface area (Å²) in [6.45, 7) is 0. The SMILES string of the molecule is COc1cc(NC(=O)c2ccc(S(=O)(=O)N(C)C)cc2)cc(OC)c1. The molecule has 2 aromatic carbocycles. The molecule has 0 aromatic heterocycles. The molecule has 0 unspecified atom stereocenters. The van der Waals surface area contributed by atoms with Gasteiger partial charge in [-0.05, 0) is 24.3 Å². The normalized spacial score (nSPS) is 11.2. The number of carbonyl (C=O) groups excluding carboxylic acids is 1. The molecule has 0 aliphatic rings. The molecule has 2 aromatic rings. The van der Waals surface area contributed by atoms with Crippen molar-refractivity contribution in [1.29, 1.82) is 0 Å². The van der Waals surface area contributed by atoms with Gasteiger partial charge in [0.15, 0.2) is 0 Å². The highest BCUT2D eigenvalue weighted by molar-refractivity contribution is 7.89. The number of benzene rings is 2. The van der Waals surface area contributed by atoms with E-state index >= 15 is 0 Å². The van der Waals surface area contributed by atoms with Crippen LogP contribution in [0.2, 0.25) is 0 Å². The smallest absolute Gasteiger partial charge is 0.255 e. The van der Waals surface area contributed by atoms with Crippen LogP contribution in [0, 0.1) is 0 Å². The fourth-order valence-corrected chi connectivity index (χ4v) is 2.97. The first-order valence-electron chi connectivity index (χ1n) is 7.35. The van der Waals surface area contributed by atoms with E-state index in [4.69, 9.17) is 9.47 Å². The largest absolute Gasteiger partial charge is 0.497 e. The number of nitrogens with zero attached hydrogens (tertiary/aromatic N) is 1. The second-order valence-electron chi connectivity index (χ2n) is 5.37. The van der Waals surface area contributed by atoms with Crippen LogP contribution in [0.5, 0.6) is 11.5 Å². The number of hydrogen-bond donors (Lipinski definition) is 1. The number of rotatable bonds is 6. The molecule has 0 radical (unpaired) electrons. The minimum Gasteiger partial charge on any atom is -0.497 e. The van der Waals surface area contributed by atoms with Gasteiger partial charge >= 0.3 is 0 Å². The van der Waals surface area contributed by atoms with Crippen LogP contribution in [0.15, 0.2) is 47.4 Å². The van der Waals surface area contributed by atoms with Crippen molar-refractivity contribution in [2.45, 2.75) is 4.90 Å². The predicted octanol–water partition coefficient (Wildman–Crippen LogP) is 2.21. The first-order valence-corrected chi connectivity index (χ1v) is 8.79. The molecule has 0 heterocycles. The maximum absolute atomic E-state index is 12.4. The van der Waals surface area contributed by atoms with Crippen LogP contribution < -0.4 is 14.8 Å². The zero-order valence-corrected chi connectivity index (χ0v) is 15.3. The average Bonchev–Trinajstić information content (AvgIpc) is 2.61. The van der Waals surface area contributed by atoms with Crippen molar-refractivity contribution in [3.63, 3.8) is 0 Å². The van der Waals surface area contributed by atoms with E-state index in [9.17, 15) is 13.2 Å². The van der Waals surface area contributed by atoms with Crippen LogP contribution in [0.4, 0.5) is 5.69 Å². The Kier molecular flexibility index (Phi) is 5.66. The molecule has 0 aliphatic carbocycles. The molecule has 0 fully saturated rings. The van der Waals surface area contributed by atoms with Crippen LogP contribution >= 0.6 is 0 Å². The highest BCUT2D eigenvalue weighted by Gasteiger charge is 2.17. The first kappa shape index (κ1) is 18.8. The summed E-state index contributed by atoms with van der Waals surface area (Å²) in [5.41, 5.74) is 0.839. The predicted molar refractivity (Wildman–Crippen MR) is 94.8 cm³/mol. The second-order valence-corrected chi connectivity index (χ2v) is 7.52. The van der Waals surface area contributed by atoms with Crippen molar-refractivity contribution in [2.24, 2.45) is 0 Å². The maximum Gasteiger partial charge on any atom is 0.255 e. The number of nitrogens with one attached hydrogen (secondary N) is 1. The summed E-state index contributed by atoms with van der Waals surface area (Å²) in [5, 5.41) is 2.73. The van der Waals surface area contributed by atoms with E-state index in [0.717, 1.165) is 4.31 Å². The summed E-state index contributed by atoms with van der Waals surface area (Å²) in [4.78, 5) is 12.5. The minimum absolute atomic E-state index is 0.122. The lowest BCUT2D eigenvalue weighted by Crippen LogP contribution is -2.22. The Morgan fingerprint density at radius 2 is 1.48 bits per heavy atom. The van der Waals surface area contributed by atoms with E-state index in [1.807, 2.05) is 0 Å². The van der Waals surface area contributed by atoms with Gasteiger partial charge < -0.3 is 14.8 Å². The van der Waals surface area contributed by atoms with Crippen LogP contribution in [-0.2, 0) is 10.0 Å². The van der Waals surface area contributed by atoms with Gasteiger partial charge in [-0.15, -0.1) is 0 Å². The van der Waals surface area contributed by atoms with Gasteiger partial charge in [-0.1, -0.05) is 0 Å². The molecule has 0 saturated carbocycles. The molecule has 1 N–H and O–H groups in total. The van der Waals surface area contributed by atoms with Gasteiger partial charge in [0.2, 0.25) is 10.0 Å². The monoisotopic (exact) mass is 364 g/mol. The highest BCUT2D eigenvalue weighted by Crippen LogP contribution is 2.26. The molecule has 134 valence electrons. The zero-order valence-electron chi connectivity index (χ0n) is 14.4. The van der Waals surface area contributed by atoms with Gasteiger partial charge in [-0.3, -0.25) is 4.79 Å². The van der Waals surface area contributed by atoms with Crippen LogP contribution in [0.25, 0.3) is 0 Å². The minimum atomic E-state index is -3.53. The third-order valence-corrected chi connectivity index (χ3v) is 5.33. The third kappa shape index (κ3) is 4.28. The molecule has 25 heavy (non-hydrogen) atoms. The Morgan fingerprint density at radius 3 is 1.92 bits per heavy atom. The Labute approximate surface area is 147 Å². The van der Waals surface area contributed by atoms with Crippen molar-refractivity contribution < 1.29 is 22.7 Å². The molecule has 0 spiro atoms. The van der Waals surface area contributed by atoms with Crippen molar-refractivity contribution in [2.75, 3.05) is 33.6 Å². The number of methoxy groups -OCH3 is 2. The number of carbonyl (C=O) groups is 1. The highest BCUT2D eigenvalue weighted by atomic mass is 32.2. The third-order valence-electron chi connectivity index (χ3n) is 3.50. The standard InChI is InChI=1S/C17H20N2O5S/c1-19(2)25(21,22)16-7-5-12(6-8-16)17(20)18-13-9-14(23-3)11-15(10-13)24-4/h5-11H,1-4H3,(H,18,20).